The average Bonchev–Trinajstić information content (AvgIpc) is 2.82. The van der Waals surface area contributed by atoms with E-state index in [0.29, 0.717) is 11.4 Å². The SMILES string of the molecule is CCN(c1ccccc1)S(=O)(=O)c1ccc(N(C)CC(=O)Nc2cccc(C)c2C)c([N+](=O)[O-])c1. The van der Waals surface area contributed by atoms with E-state index in [1.165, 1.54) is 21.3 Å². The number of nitrogens with one attached hydrogen (secondary N) is 1. The zero-order chi connectivity index (χ0) is 25.8. The Balaban J connectivity index is 1.88. The monoisotopic (exact) mass is 496 g/mol. The molecule has 0 aliphatic rings. The number of amides is 1. The summed E-state index contributed by atoms with van der Waals surface area (Å²) < 4.78 is 27.8. The molecule has 0 unspecified atom stereocenters. The molecule has 0 saturated carbocycles. The first-order chi connectivity index (χ1) is 16.6. The predicted molar refractivity (Wildman–Crippen MR) is 138 cm³/mol. The van der Waals surface area contributed by atoms with Gasteiger partial charge in [-0.15, -0.1) is 0 Å². The van der Waals surface area contributed by atoms with Crippen molar-refractivity contribution in [1.82, 2.24) is 0 Å². The van der Waals surface area contributed by atoms with Crippen LogP contribution < -0.4 is 14.5 Å². The Kier molecular flexibility index (Phi) is 7.75. The number of para-hydroxylation sites is 1. The van der Waals surface area contributed by atoms with Gasteiger partial charge in [0.15, 0.2) is 0 Å². The highest BCUT2D eigenvalue weighted by Crippen LogP contribution is 2.32. The van der Waals surface area contributed by atoms with E-state index in [-0.39, 0.29) is 29.6 Å². The van der Waals surface area contributed by atoms with E-state index in [1.54, 1.807) is 50.4 Å². The van der Waals surface area contributed by atoms with Crippen molar-refractivity contribution in [2.24, 2.45) is 0 Å². The van der Waals surface area contributed by atoms with Gasteiger partial charge in [0.2, 0.25) is 5.91 Å². The van der Waals surface area contributed by atoms with E-state index in [0.717, 1.165) is 17.2 Å². The van der Waals surface area contributed by atoms with Gasteiger partial charge in [0.25, 0.3) is 15.7 Å². The number of nitro benzene ring substituents is 1. The molecular formula is C25H28N4O5S. The van der Waals surface area contributed by atoms with Gasteiger partial charge in [-0.3, -0.25) is 19.2 Å². The maximum Gasteiger partial charge on any atom is 0.293 e. The third kappa shape index (κ3) is 5.60. The van der Waals surface area contributed by atoms with E-state index in [2.05, 4.69) is 5.32 Å². The highest BCUT2D eigenvalue weighted by molar-refractivity contribution is 7.92. The number of anilines is 3. The highest BCUT2D eigenvalue weighted by Gasteiger charge is 2.28. The van der Waals surface area contributed by atoms with Crippen LogP contribution in [0.15, 0.2) is 71.6 Å². The molecule has 0 atom stereocenters. The number of carbonyl (C=O) groups excluding carboxylic acids is 1. The molecule has 0 aromatic heterocycles. The van der Waals surface area contributed by atoms with Crippen molar-refractivity contribution in [3.05, 3.63) is 88.0 Å². The number of likely N-dealkylation sites (N-methyl/N-ethyl adjacent to an activating group) is 1. The summed E-state index contributed by atoms with van der Waals surface area (Å²) in [5, 5.41) is 14.7. The number of nitro groups is 1. The minimum Gasteiger partial charge on any atom is -0.360 e. The Bertz CT molecular complexity index is 1340. The van der Waals surface area contributed by atoms with Crippen LogP contribution in [0.4, 0.5) is 22.7 Å². The first kappa shape index (κ1) is 25.7. The molecule has 0 heterocycles. The number of hydrogen-bond acceptors (Lipinski definition) is 6. The highest BCUT2D eigenvalue weighted by atomic mass is 32.2. The molecule has 0 fully saturated rings. The molecule has 3 rings (SSSR count). The van der Waals surface area contributed by atoms with Crippen molar-refractivity contribution in [2.75, 3.05) is 34.7 Å². The molecule has 0 radical (unpaired) electrons. The van der Waals surface area contributed by atoms with Crippen LogP contribution >= 0.6 is 0 Å². The summed E-state index contributed by atoms with van der Waals surface area (Å²) in [6.07, 6.45) is 0. The fourth-order valence-electron chi connectivity index (χ4n) is 3.72. The Labute approximate surface area is 205 Å². The molecule has 0 aliphatic carbocycles. The first-order valence-electron chi connectivity index (χ1n) is 11.0. The van der Waals surface area contributed by atoms with Crippen LogP contribution in [-0.2, 0) is 14.8 Å². The van der Waals surface area contributed by atoms with Crippen molar-refractivity contribution in [2.45, 2.75) is 25.7 Å². The van der Waals surface area contributed by atoms with Crippen molar-refractivity contribution in [1.29, 1.82) is 0 Å². The van der Waals surface area contributed by atoms with E-state index < -0.39 is 20.6 Å². The van der Waals surface area contributed by atoms with Crippen LogP contribution in [0, 0.1) is 24.0 Å². The van der Waals surface area contributed by atoms with Gasteiger partial charge < -0.3 is 10.2 Å². The summed E-state index contributed by atoms with van der Waals surface area (Å²) in [6, 6.07) is 17.8. The molecule has 1 N–H and O–H groups in total. The Morgan fingerprint density at radius 1 is 1.03 bits per heavy atom. The van der Waals surface area contributed by atoms with Crippen LogP contribution in [-0.4, -0.2) is 39.4 Å². The summed E-state index contributed by atoms with van der Waals surface area (Å²) in [7, 11) is -2.50. The number of aryl methyl sites for hydroxylation is 1. The van der Waals surface area contributed by atoms with Gasteiger partial charge in [0, 0.05) is 25.3 Å². The molecule has 184 valence electrons. The van der Waals surface area contributed by atoms with Crippen molar-refractivity contribution < 1.29 is 18.1 Å². The molecule has 0 aliphatic heterocycles. The lowest BCUT2D eigenvalue weighted by atomic mass is 10.1. The fourth-order valence-corrected chi connectivity index (χ4v) is 5.22. The largest absolute Gasteiger partial charge is 0.360 e. The van der Waals surface area contributed by atoms with E-state index in [4.69, 9.17) is 0 Å². The average molecular weight is 497 g/mol. The van der Waals surface area contributed by atoms with E-state index >= 15 is 0 Å². The van der Waals surface area contributed by atoms with Crippen LogP contribution in [0.1, 0.15) is 18.1 Å². The topological polar surface area (TPSA) is 113 Å². The minimum absolute atomic E-state index is 0.132. The van der Waals surface area contributed by atoms with Crippen molar-refractivity contribution in [3.8, 4) is 0 Å². The molecule has 0 bridgehead atoms. The Hall–Kier alpha value is -3.92. The fraction of sp³-hybridized carbons (Fsp3) is 0.240. The van der Waals surface area contributed by atoms with Gasteiger partial charge in [-0.05, 0) is 62.2 Å². The van der Waals surface area contributed by atoms with Gasteiger partial charge in [-0.1, -0.05) is 30.3 Å². The van der Waals surface area contributed by atoms with Gasteiger partial charge >= 0.3 is 0 Å². The van der Waals surface area contributed by atoms with Gasteiger partial charge in [0.05, 0.1) is 22.1 Å². The van der Waals surface area contributed by atoms with E-state index in [9.17, 15) is 23.3 Å². The Morgan fingerprint density at radius 3 is 2.34 bits per heavy atom. The third-order valence-corrected chi connectivity index (χ3v) is 7.63. The lowest BCUT2D eigenvalue weighted by molar-refractivity contribution is -0.384. The second-order valence-corrected chi connectivity index (χ2v) is 9.93. The summed E-state index contributed by atoms with van der Waals surface area (Å²) in [4.78, 5) is 25.0. The number of nitrogens with zero attached hydrogens (tertiary/aromatic N) is 3. The van der Waals surface area contributed by atoms with Crippen LogP contribution in [0.3, 0.4) is 0 Å². The molecule has 10 heteroatoms. The zero-order valence-electron chi connectivity index (χ0n) is 20.1. The maximum atomic E-state index is 13.3. The molecule has 9 nitrogen and oxygen atoms in total. The van der Waals surface area contributed by atoms with Crippen molar-refractivity contribution >= 4 is 38.7 Å². The lowest BCUT2D eigenvalue weighted by Gasteiger charge is -2.24. The smallest absolute Gasteiger partial charge is 0.293 e. The minimum atomic E-state index is -4.04. The Morgan fingerprint density at radius 2 is 1.71 bits per heavy atom. The molecule has 1 amide bonds. The number of benzene rings is 3. The molecule has 0 spiro atoms. The van der Waals surface area contributed by atoms with Crippen LogP contribution in [0.2, 0.25) is 0 Å². The molecular weight excluding hydrogens is 468 g/mol. The number of carbonyl (C=O) groups is 1. The van der Waals surface area contributed by atoms with Gasteiger partial charge in [0.1, 0.15) is 5.69 Å². The van der Waals surface area contributed by atoms with E-state index in [1.807, 2.05) is 26.0 Å². The zero-order valence-corrected chi connectivity index (χ0v) is 20.9. The molecule has 3 aromatic rings. The normalized spacial score (nSPS) is 11.1. The lowest BCUT2D eigenvalue weighted by Crippen LogP contribution is -2.32. The van der Waals surface area contributed by atoms with Crippen LogP contribution in [0.25, 0.3) is 0 Å². The van der Waals surface area contributed by atoms with Crippen LogP contribution in [0.5, 0.6) is 0 Å². The second kappa shape index (κ2) is 10.6. The van der Waals surface area contributed by atoms with Gasteiger partial charge in [-0.2, -0.15) is 0 Å². The summed E-state index contributed by atoms with van der Waals surface area (Å²) >= 11 is 0. The number of hydrogen-bond donors (Lipinski definition) is 1. The number of rotatable bonds is 9. The summed E-state index contributed by atoms with van der Waals surface area (Å²) in [5.41, 5.74) is 2.81. The summed E-state index contributed by atoms with van der Waals surface area (Å²) in [5.74, 6) is -0.353. The number of sulfonamides is 1. The molecule has 0 saturated heterocycles. The molecule has 3 aromatic carbocycles. The molecule has 35 heavy (non-hydrogen) atoms. The second-order valence-electron chi connectivity index (χ2n) is 8.06. The van der Waals surface area contributed by atoms with Gasteiger partial charge in [-0.25, -0.2) is 8.42 Å². The first-order valence-corrected chi connectivity index (χ1v) is 12.4. The maximum absolute atomic E-state index is 13.3. The third-order valence-electron chi connectivity index (χ3n) is 5.73. The quantitative estimate of drug-likeness (QED) is 0.345. The summed E-state index contributed by atoms with van der Waals surface area (Å²) in [6.45, 7) is 5.52. The van der Waals surface area contributed by atoms with Crippen molar-refractivity contribution in [3.63, 3.8) is 0 Å². The standard InChI is InChI=1S/C25H28N4O5S/c1-5-28(20-11-7-6-8-12-20)35(33,34)21-14-15-23(24(16-21)29(31)32)27(4)17-25(30)26-22-13-9-10-18(2)19(22)3/h6-16H,5,17H2,1-4H3,(H,26,30). The predicted octanol–water partition coefficient (Wildman–Crippen LogP) is 4.50.